The lowest BCUT2D eigenvalue weighted by Crippen LogP contribution is -2.48. The predicted molar refractivity (Wildman–Crippen MR) is 98.4 cm³/mol. The third kappa shape index (κ3) is 3.41. The van der Waals surface area contributed by atoms with Crippen molar-refractivity contribution < 1.29 is 18.0 Å². The van der Waals surface area contributed by atoms with E-state index in [0.29, 0.717) is 23.3 Å². The second-order valence-electron chi connectivity index (χ2n) is 7.78. The average molecular weight is 392 g/mol. The van der Waals surface area contributed by atoms with Gasteiger partial charge >= 0.3 is 6.18 Å². The fourth-order valence-electron chi connectivity index (χ4n) is 4.39. The highest BCUT2D eigenvalue weighted by molar-refractivity contribution is 5.95. The van der Waals surface area contributed by atoms with Crippen LogP contribution >= 0.6 is 0 Å². The number of rotatable bonds is 3. The number of alkyl halides is 3. The van der Waals surface area contributed by atoms with Gasteiger partial charge in [0.1, 0.15) is 0 Å². The Bertz CT molecular complexity index is 880. The number of hydrogen-bond donors (Lipinski definition) is 1. The molecule has 4 rings (SSSR count). The summed E-state index contributed by atoms with van der Waals surface area (Å²) in [6.07, 6.45) is 1.18. The topological polar surface area (TPSA) is 50.2 Å². The lowest BCUT2D eigenvalue weighted by molar-refractivity contribution is -0.137. The zero-order chi connectivity index (χ0) is 20.1. The molecule has 2 atom stereocenters. The van der Waals surface area contributed by atoms with Crippen LogP contribution in [0.4, 0.5) is 13.2 Å². The minimum atomic E-state index is -4.43. The molecule has 2 aliphatic heterocycles. The summed E-state index contributed by atoms with van der Waals surface area (Å²) >= 11 is 0. The van der Waals surface area contributed by atoms with Crippen LogP contribution < -0.4 is 5.32 Å². The monoisotopic (exact) mass is 392 g/mol. The Morgan fingerprint density at radius 3 is 2.57 bits per heavy atom. The number of fused-ring (bicyclic) bond motifs is 2. The van der Waals surface area contributed by atoms with E-state index in [4.69, 9.17) is 0 Å². The molecule has 2 fully saturated rings. The first-order valence-corrected chi connectivity index (χ1v) is 9.49. The minimum Gasteiger partial charge on any atom is -0.338 e. The standard InChI is InChI=1S/C20H23F3N4O/c1-12-18(19(28)26(2)17-9-14-6-7-15(10-17)25-14)11-24-27(12)16-5-3-4-13(8-16)20(21,22)23/h3-5,8,11,14-15,17,25H,6-7,9-10H2,1-2H3. The molecule has 0 spiro atoms. The van der Waals surface area contributed by atoms with Gasteiger partial charge in [-0.2, -0.15) is 18.3 Å². The maximum atomic E-state index is 13.0. The van der Waals surface area contributed by atoms with Gasteiger partial charge in [0.15, 0.2) is 0 Å². The van der Waals surface area contributed by atoms with Crippen molar-refractivity contribution in [1.82, 2.24) is 20.0 Å². The van der Waals surface area contributed by atoms with Crippen LogP contribution in [0.15, 0.2) is 30.5 Å². The molecule has 150 valence electrons. The lowest BCUT2D eigenvalue weighted by Gasteiger charge is -2.35. The van der Waals surface area contributed by atoms with Crippen molar-refractivity contribution in [2.24, 2.45) is 0 Å². The molecule has 1 aromatic carbocycles. The number of aromatic nitrogens is 2. The van der Waals surface area contributed by atoms with E-state index < -0.39 is 11.7 Å². The van der Waals surface area contributed by atoms with E-state index in [9.17, 15) is 18.0 Å². The Labute approximate surface area is 161 Å². The summed E-state index contributed by atoms with van der Waals surface area (Å²) in [5.41, 5.74) is 0.503. The van der Waals surface area contributed by atoms with E-state index in [-0.39, 0.29) is 17.6 Å². The first-order valence-electron chi connectivity index (χ1n) is 9.49. The number of hydrogen-bond acceptors (Lipinski definition) is 3. The molecule has 2 saturated heterocycles. The van der Waals surface area contributed by atoms with Crippen LogP contribution in [-0.2, 0) is 6.18 Å². The summed E-state index contributed by atoms with van der Waals surface area (Å²) in [5.74, 6) is -0.137. The molecule has 2 aromatic rings. The number of carbonyl (C=O) groups excluding carboxylic acids is 1. The van der Waals surface area contributed by atoms with Crippen molar-refractivity contribution in [2.45, 2.75) is 56.9 Å². The van der Waals surface area contributed by atoms with Crippen LogP contribution in [0.2, 0.25) is 0 Å². The molecule has 2 bridgehead atoms. The van der Waals surface area contributed by atoms with Crippen molar-refractivity contribution in [3.8, 4) is 5.69 Å². The van der Waals surface area contributed by atoms with Crippen LogP contribution in [0.3, 0.4) is 0 Å². The van der Waals surface area contributed by atoms with Crippen molar-refractivity contribution >= 4 is 5.91 Å². The molecule has 0 aliphatic carbocycles. The summed E-state index contributed by atoms with van der Waals surface area (Å²) in [4.78, 5) is 14.8. The van der Waals surface area contributed by atoms with Gasteiger partial charge in [0, 0.05) is 25.2 Å². The Hall–Kier alpha value is -2.35. The van der Waals surface area contributed by atoms with E-state index in [1.54, 1.807) is 24.9 Å². The second kappa shape index (κ2) is 6.92. The molecule has 3 heterocycles. The fraction of sp³-hybridized carbons (Fsp3) is 0.500. The zero-order valence-electron chi connectivity index (χ0n) is 15.8. The van der Waals surface area contributed by atoms with Gasteiger partial charge in [0.2, 0.25) is 0 Å². The summed E-state index contributed by atoms with van der Waals surface area (Å²) in [6, 6.07) is 6.06. The molecule has 1 aromatic heterocycles. The average Bonchev–Trinajstić information content (AvgIpc) is 3.21. The van der Waals surface area contributed by atoms with Crippen molar-refractivity contribution in [2.75, 3.05) is 7.05 Å². The highest BCUT2D eigenvalue weighted by Crippen LogP contribution is 2.32. The van der Waals surface area contributed by atoms with Gasteiger partial charge in [-0.05, 0) is 50.8 Å². The van der Waals surface area contributed by atoms with E-state index in [1.165, 1.54) is 16.9 Å². The van der Waals surface area contributed by atoms with E-state index in [0.717, 1.165) is 37.8 Å². The van der Waals surface area contributed by atoms with Crippen LogP contribution in [0.1, 0.15) is 47.3 Å². The van der Waals surface area contributed by atoms with Gasteiger partial charge < -0.3 is 10.2 Å². The first-order chi connectivity index (χ1) is 13.2. The van der Waals surface area contributed by atoms with E-state index >= 15 is 0 Å². The van der Waals surface area contributed by atoms with Crippen molar-refractivity contribution in [3.63, 3.8) is 0 Å². The Morgan fingerprint density at radius 1 is 1.25 bits per heavy atom. The molecule has 1 N–H and O–H groups in total. The Morgan fingerprint density at radius 2 is 1.93 bits per heavy atom. The summed E-state index contributed by atoms with van der Waals surface area (Å²) in [7, 11) is 1.80. The first kappa shape index (κ1) is 19.0. The smallest absolute Gasteiger partial charge is 0.338 e. The van der Waals surface area contributed by atoms with Gasteiger partial charge in [0.05, 0.1) is 28.7 Å². The molecule has 1 amide bonds. The zero-order valence-corrected chi connectivity index (χ0v) is 15.8. The lowest BCUT2D eigenvalue weighted by atomic mass is 9.98. The van der Waals surface area contributed by atoms with Crippen LogP contribution in [0.5, 0.6) is 0 Å². The van der Waals surface area contributed by atoms with Gasteiger partial charge in [0.25, 0.3) is 5.91 Å². The van der Waals surface area contributed by atoms with Gasteiger partial charge in [-0.3, -0.25) is 4.79 Å². The summed E-state index contributed by atoms with van der Waals surface area (Å²) in [6.45, 7) is 1.71. The molecular formula is C20H23F3N4O. The van der Waals surface area contributed by atoms with E-state index in [1.807, 2.05) is 0 Å². The fourth-order valence-corrected chi connectivity index (χ4v) is 4.39. The quantitative estimate of drug-likeness (QED) is 0.869. The van der Waals surface area contributed by atoms with Crippen molar-refractivity contribution in [3.05, 3.63) is 47.3 Å². The maximum Gasteiger partial charge on any atom is 0.416 e. The second-order valence-corrected chi connectivity index (χ2v) is 7.78. The van der Waals surface area contributed by atoms with Crippen LogP contribution in [0.25, 0.3) is 5.69 Å². The largest absolute Gasteiger partial charge is 0.416 e. The highest BCUT2D eigenvalue weighted by Gasteiger charge is 2.37. The van der Waals surface area contributed by atoms with Gasteiger partial charge in [-0.15, -0.1) is 0 Å². The number of piperidine rings is 1. The molecule has 8 heteroatoms. The Kier molecular flexibility index (Phi) is 4.69. The number of nitrogens with zero attached hydrogens (tertiary/aromatic N) is 3. The SMILES string of the molecule is Cc1c(C(=O)N(C)C2CC3CCC(C2)N3)cnn1-c1cccc(C(F)(F)F)c1. The van der Waals surface area contributed by atoms with Crippen LogP contribution in [-0.4, -0.2) is 45.8 Å². The predicted octanol–water partition coefficient (Wildman–Crippen LogP) is 3.55. The van der Waals surface area contributed by atoms with Crippen LogP contribution in [0, 0.1) is 6.92 Å². The number of amides is 1. The van der Waals surface area contributed by atoms with Crippen molar-refractivity contribution in [1.29, 1.82) is 0 Å². The molecule has 0 saturated carbocycles. The molecule has 0 radical (unpaired) electrons. The number of nitrogens with one attached hydrogen (secondary N) is 1. The van der Waals surface area contributed by atoms with E-state index in [2.05, 4.69) is 10.4 Å². The van der Waals surface area contributed by atoms with Gasteiger partial charge in [-0.25, -0.2) is 4.68 Å². The molecule has 5 nitrogen and oxygen atoms in total. The third-order valence-corrected chi connectivity index (χ3v) is 5.97. The summed E-state index contributed by atoms with van der Waals surface area (Å²) < 4.78 is 40.4. The molecule has 28 heavy (non-hydrogen) atoms. The number of halogens is 3. The number of carbonyl (C=O) groups is 1. The Balaban J connectivity index is 1.57. The molecule has 2 unspecified atom stereocenters. The highest BCUT2D eigenvalue weighted by atomic mass is 19.4. The van der Waals surface area contributed by atoms with Gasteiger partial charge in [-0.1, -0.05) is 6.07 Å². The number of benzene rings is 1. The normalized spacial score (nSPS) is 24.4. The summed E-state index contributed by atoms with van der Waals surface area (Å²) in [5, 5.41) is 7.75. The third-order valence-electron chi connectivity index (χ3n) is 5.97. The maximum absolute atomic E-state index is 13.0. The molecular weight excluding hydrogens is 369 g/mol. The molecule has 2 aliphatic rings. The minimum absolute atomic E-state index is 0.137.